The number of thiocarbonyl (C=S) groups is 1. The van der Waals surface area contributed by atoms with E-state index in [9.17, 15) is 0 Å². The quantitative estimate of drug-likeness (QED) is 0.824. The molecule has 0 unspecified atom stereocenters. The summed E-state index contributed by atoms with van der Waals surface area (Å²) in [5, 5.41) is 3.44. The molecule has 104 valence electrons. The molecular formula is C17H20N2S. The normalized spacial score (nSPS) is 10.3. The fourth-order valence-electron chi connectivity index (χ4n) is 2.28. The van der Waals surface area contributed by atoms with E-state index >= 15 is 0 Å². The van der Waals surface area contributed by atoms with Gasteiger partial charge in [-0.1, -0.05) is 36.5 Å². The van der Waals surface area contributed by atoms with Gasteiger partial charge in [0.25, 0.3) is 0 Å². The second kappa shape index (κ2) is 6.53. The summed E-state index contributed by atoms with van der Waals surface area (Å²) in [7, 11) is 0. The van der Waals surface area contributed by atoms with Crippen molar-refractivity contribution in [1.29, 1.82) is 0 Å². The number of nitrogens with two attached hydrogens (primary N) is 1. The highest BCUT2D eigenvalue weighted by Crippen LogP contribution is 2.15. The van der Waals surface area contributed by atoms with Crippen molar-refractivity contribution < 1.29 is 0 Å². The van der Waals surface area contributed by atoms with Crippen molar-refractivity contribution in [3.05, 3.63) is 64.7 Å². The smallest absolute Gasteiger partial charge is 0.104 e. The number of rotatable bonds is 5. The molecule has 0 bridgehead atoms. The molecule has 0 saturated carbocycles. The van der Waals surface area contributed by atoms with Crippen molar-refractivity contribution in [2.24, 2.45) is 5.73 Å². The van der Waals surface area contributed by atoms with Gasteiger partial charge in [-0.15, -0.1) is 0 Å². The van der Waals surface area contributed by atoms with E-state index in [1.54, 1.807) is 0 Å². The molecule has 0 spiro atoms. The fourth-order valence-corrected chi connectivity index (χ4v) is 2.51. The number of benzene rings is 2. The largest absolute Gasteiger partial charge is 0.389 e. The van der Waals surface area contributed by atoms with Gasteiger partial charge in [0.2, 0.25) is 0 Å². The molecule has 2 rings (SSSR count). The summed E-state index contributed by atoms with van der Waals surface area (Å²) in [5.41, 5.74) is 11.6. The maximum Gasteiger partial charge on any atom is 0.104 e. The van der Waals surface area contributed by atoms with Crippen LogP contribution < -0.4 is 11.1 Å². The van der Waals surface area contributed by atoms with E-state index in [-0.39, 0.29) is 0 Å². The second-order valence-corrected chi connectivity index (χ2v) is 5.44. The first-order valence-electron chi connectivity index (χ1n) is 6.77. The van der Waals surface area contributed by atoms with Gasteiger partial charge < -0.3 is 11.1 Å². The first-order valence-corrected chi connectivity index (χ1v) is 7.17. The topological polar surface area (TPSA) is 38.0 Å². The highest BCUT2D eigenvalue weighted by Gasteiger charge is 2.02. The minimum Gasteiger partial charge on any atom is -0.389 e. The fraction of sp³-hybridized carbons (Fsp3) is 0.235. The lowest BCUT2D eigenvalue weighted by molar-refractivity contribution is 1.00. The molecule has 0 aromatic heterocycles. The highest BCUT2D eigenvalue weighted by molar-refractivity contribution is 7.80. The summed E-state index contributed by atoms with van der Waals surface area (Å²) < 4.78 is 0. The predicted octanol–water partition coefficient (Wildman–Crippen LogP) is 3.59. The van der Waals surface area contributed by atoms with E-state index in [0.29, 0.717) is 4.99 Å². The van der Waals surface area contributed by atoms with Crippen LogP contribution in [0.25, 0.3) is 0 Å². The number of anilines is 1. The molecule has 2 nitrogen and oxygen atoms in total. The van der Waals surface area contributed by atoms with Crippen LogP contribution >= 0.6 is 12.2 Å². The Labute approximate surface area is 126 Å². The van der Waals surface area contributed by atoms with E-state index < -0.39 is 0 Å². The number of aryl methyl sites for hydroxylation is 2. The second-order valence-electron chi connectivity index (χ2n) is 5.00. The first kappa shape index (κ1) is 14.5. The number of hydrogen-bond acceptors (Lipinski definition) is 2. The summed E-state index contributed by atoms with van der Waals surface area (Å²) in [5.74, 6) is 0. The Morgan fingerprint density at radius 2 is 1.85 bits per heavy atom. The van der Waals surface area contributed by atoms with Crippen LogP contribution in [0.1, 0.15) is 22.3 Å². The van der Waals surface area contributed by atoms with Gasteiger partial charge in [0, 0.05) is 17.8 Å². The Hall–Kier alpha value is -1.87. The van der Waals surface area contributed by atoms with Crippen molar-refractivity contribution >= 4 is 22.9 Å². The molecular weight excluding hydrogens is 264 g/mol. The van der Waals surface area contributed by atoms with E-state index in [0.717, 1.165) is 29.8 Å². The molecule has 3 heteroatoms. The summed E-state index contributed by atoms with van der Waals surface area (Å²) in [6, 6.07) is 14.6. The predicted molar refractivity (Wildman–Crippen MR) is 90.4 cm³/mol. The number of nitrogens with one attached hydrogen (secondary N) is 1. The van der Waals surface area contributed by atoms with Crippen LogP contribution in [0.15, 0.2) is 42.5 Å². The Bertz CT molecular complexity index is 620. The van der Waals surface area contributed by atoms with Crippen molar-refractivity contribution in [2.45, 2.75) is 20.3 Å². The van der Waals surface area contributed by atoms with Crippen LogP contribution in [0.2, 0.25) is 0 Å². The molecule has 0 aliphatic rings. The maximum absolute atomic E-state index is 5.67. The van der Waals surface area contributed by atoms with E-state index in [1.165, 1.54) is 11.1 Å². The molecule has 2 aromatic carbocycles. The van der Waals surface area contributed by atoms with E-state index in [4.69, 9.17) is 18.0 Å². The Balaban J connectivity index is 1.97. The van der Waals surface area contributed by atoms with Crippen LogP contribution in [0.3, 0.4) is 0 Å². The average Bonchev–Trinajstić information content (AvgIpc) is 2.40. The van der Waals surface area contributed by atoms with Gasteiger partial charge in [0.1, 0.15) is 4.99 Å². The van der Waals surface area contributed by atoms with Gasteiger partial charge in [-0.3, -0.25) is 0 Å². The lowest BCUT2D eigenvalue weighted by Gasteiger charge is -2.11. The van der Waals surface area contributed by atoms with E-state index in [1.807, 2.05) is 19.1 Å². The lowest BCUT2D eigenvalue weighted by Crippen LogP contribution is -2.12. The molecule has 0 aliphatic heterocycles. The van der Waals surface area contributed by atoms with Crippen LogP contribution in [0, 0.1) is 13.8 Å². The standard InChI is InChI=1S/C17H20N2S/c1-12-5-3-4-6-14(12)9-10-19-15-7-8-16(17(18)20)13(2)11-15/h3-8,11,19H,9-10H2,1-2H3,(H2,18,20). The Kier molecular flexibility index (Phi) is 4.74. The van der Waals surface area contributed by atoms with Crippen LogP contribution in [-0.2, 0) is 6.42 Å². The zero-order chi connectivity index (χ0) is 14.5. The zero-order valence-electron chi connectivity index (χ0n) is 11.9. The summed E-state index contributed by atoms with van der Waals surface area (Å²) in [6.45, 7) is 5.09. The van der Waals surface area contributed by atoms with E-state index in [2.05, 4.69) is 42.6 Å². The Morgan fingerprint density at radius 3 is 2.50 bits per heavy atom. The lowest BCUT2D eigenvalue weighted by atomic mass is 10.1. The zero-order valence-corrected chi connectivity index (χ0v) is 12.8. The molecule has 20 heavy (non-hydrogen) atoms. The molecule has 0 radical (unpaired) electrons. The molecule has 3 N–H and O–H groups in total. The number of hydrogen-bond donors (Lipinski definition) is 2. The monoisotopic (exact) mass is 284 g/mol. The van der Waals surface area contributed by atoms with Crippen LogP contribution in [-0.4, -0.2) is 11.5 Å². The van der Waals surface area contributed by atoms with Gasteiger partial charge in [-0.2, -0.15) is 0 Å². The van der Waals surface area contributed by atoms with Gasteiger partial charge in [-0.25, -0.2) is 0 Å². The van der Waals surface area contributed by atoms with Crippen molar-refractivity contribution in [3.63, 3.8) is 0 Å². The van der Waals surface area contributed by atoms with Gasteiger partial charge in [0.15, 0.2) is 0 Å². The third-order valence-electron chi connectivity index (χ3n) is 3.48. The molecule has 0 heterocycles. The minimum atomic E-state index is 0.453. The molecule has 0 fully saturated rings. The van der Waals surface area contributed by atoms with Crippen LogP contribution in [0.4, 0.5) is 5.69 Å². The van der Waals surface area contributed by atoms with Crippen molar-refractivity contribution in [1.82, 2.24) is 0 Å². The summed E-state index contributed by atoms with van der Waals surface area (Å²) in [4.78, 5) is 0.453. The van der Waals surface area contributed by atoms with Gasteiger partial charge in [-0.05, 0) is 55.2 Å². The molecule has 0 saturated heterocycles. The molecule has 0 aliphatic carbocycles. The van der Waals surface area contributed by atoms with Crippen LogP contribution in [0.5, 0.6) is 0 Å². The highest BCUT2D eigenvalue weighted by atomic mass is 32.1. The molecule has 0 amide bonds. The molecule has 0 atom stereocenters. The third-order valence-corrected chi connectivity index (χ3v) is 3.70. The van der Waals surface area contributed by atoms with Crippen molar-refractivity contribution in [3.8, 4) is 0 Å². The summed E-state index contributed by atoms with van der Waals surface area (Å²) in [6.07, 6.45) is 1.02. The van der Waals surface area contributed by atoms with Gasteiger partial charge >= 0.3 is 0 Å². The summed E-state index contributed by atoms with van der Waals surface area (Å²) >= 11 is 5.02. The first-order chi connectivity index (χ1) is 9.58. The van der Waals surface area contributed by atoms with Gasteiger partial charge in [0.05, 0.1) is 0 Å². The van der Waals surface area contributed by atoms with Crippen molar-refractivity contribution in [2.75, 3.05) is 11.9 Å². The Morgan fingerprint density at radius 1 is 1.10 bits per heavy atom. The average molecular weight is 284 g/mol. The third kappa shape index (κ3) is 3.58. The molecule has 2 aromatic rings. The maximum atomic E-state index is 5.67. The minimum absolute atomic E-state index is 0.453. The SMILES string of the molecule is Cc1ccccc1CCNc1ccc(C(N)=S)c(C)c1.